The SMILES string of the molecule is O=C(O)c1ccc(C(=O)O)c2c(C(=O)O)c(Cc3ccc(C(F)(F)F)cc3)cc(C(=O)O)c12. The molecule has 0 radical (unpaired) electrons. The fourth-order valence-electron chi connectivity index (χ4n) is 3.56. The van der Waals surface area contributed by atoms with E-state index in [1.807, 2.05) is 0 Å². The highest BCUT2D eigenvalue weighted by Gasteiger charge is 2.31. The second kappa shape index (κ2) is 8.26. The second-order valence-electron chi connectivity index (χ2n) is 6.96. The fourth-order valence-corrected chi connectivity index (χ4v) is 3.56. The second-order valence-corrected chi connectivity index (χ2v) is 6.96. The van der Waals surface area contributed by atoms with Crippen LogP contribution in [0, 0.1) is 0 Å². The minimum Gasteiger partial charge on any atom is -0.478 e. The van der Waals surface area contributed by atoms with Gasteiger partial charge in [-0.3, -0.25) is 0 Å². The molecule has 11 heteroatoms. The molecule has 0 saturated heterocycles. The number of benzene rings is 3. The molecule has 4 N–H and O–H groups in total. The largest absolute Gasteiger partial charge is 0.478 e. The van der Waals surface area contributed by atoms with E-state index in [1.54, 1.807) is 0 Å². The summed E-state index contributed by atoms with van der Waals surface area (Å²) in [6.07, 6.45) is -4.96. The van der Waals surface area contributed by atoms with Crippen molar-refractivity contribution in [2.45, 2.75) is 12.6 Å². The quantitative estimate of drug-likeness (QED) is 0.425. The average molecular weight is 462 g/mol. The Labute approximate surface area is 182 Å². The van der Waals surface area contributed by atoms with Crippen LogP contribution >= 0.6 is 0 Å². The summed E-state index contributed by atoms with van der Waals surface area (Å²) < 4.78 is 38.4. The molecule has 33 heavy (non-hydrogen) atoms. The maximum Gasteiger partial charge on any atom is 0.416 e. The molecule has 0 unspecified atom stereocenters. The molecular formula is C22H13F3O8. The molecule has 0 amide bonds. The molecule has 0 bridgehead atoms. The first-order chi connectivity index (χ1) is 15.3. The third kappa shape index (κ3) is 4.33. The van der Waals surface area contributed by atoms with Gasteiger partial charge in [0.1, 0.15) is 0 Å². The van der Waals surface area contributed by atoms with Crippen molar-refractivity contribution in [3.05, 3.63) is 81.4 Å². The van der Waals surface area contributed by atoms with E-state index in [1.165, 1.54) is 0 Å². The lowest BCUT2D eigenvalue weighted by Crippen LogP contribution is -2.14. The van der Waals surface area contributed by atoms with E-state index in [-0.39, 0.29) is 17.5 Å². The molecule has 0 spiro atoms. The maximum atomic E-state index is 12.8. The molecule has 0 heterocycles. The molecule has 0 aliphatic carbocycles. The molecule has 0 atom stereocenters. The highest BCUT2D eigenvalue weighted by molar-refractivity contribution is 6.22. The zero-order valence-electron chi connectivity index (χ0n) is 16.3. The van der Waals surface area contributed by atoms with Crippen molar-refractivity contribution >= 4 is 34.6 Å². The summed E-state index contributed by atoms with van der Waals surface area (Å²) >= 11 is 0. The van der Waals surface area contributed by atoms with Crippen LogP contribution in [0.1, 0.15) is 58.1 Å². The molecule has 0 aromatic heterocycles. The van der Waals surface area contributed by atoms with E-state index in [9.17, 15) is 52.8 Å². The number of alkyl halides is 3. The van der Waals surface area contributed by atoms with Gasteiger partial charge in [-0.15, -0.1) is 0 Å². The third-order valence-corrected chi connectivity index (χ3v) is 4.95. The lowest BCUT2D eigenvalue weighted by Gasteiger charge is -2.16. The standard InChI is InChI=1S/C22H13F3O8/c23-22(24,25)11-3-1-9(2-4-11)7-10-8-14(20(30)31)16-12(18(26)27)5-6-13(19(28)29)17(16)15(10)21(32)33/h1-6,8H,7H2,(H,26,27)(H,28,29)(H,30,31)(H,32,33). The van der Waals surface area contributed by atoms with Crippen molar-refractivity contribution in [3.8, 4) is 0 Å². The van der Waals surface area contributed by atoms with Crippen molar-refractivity contribution in [3.63, 3.8) is 0 Å². The zero-order valence-corrected chi connectivity index (χ0v) is 16.3. The lowest BCUT2D eigenvalue weighted by atomic mass is 9.86. The van der Waals surface area contributed by atoms with Crippen LogP contribution in [-0.2, 0) is 12.6 Å². The highest BCUT2D eigenvalue weighted by atomic mass is 19.4. The van der Waals surface area contributed by atoms with E-state index in [4.69, 9.17) is 0 Å². The Hall–Kier alpha value is -4.41. The minimum absolute atomic E-state index is 0.187. The van der Waals surface area contributed by atoms with Crippen LogP contribution in [0.4, 0.5) is 13.2 Å². The van der Waals surface area contributed by atoms with Crippen LogP contribution in [0.15, 0.2) is 42.5 Å². The van der Waals surface area contributed by atoms with E-state index >= 15 is 0 Å². The Morgan fingerprint density at radius 1 is 0.667 bits per heavy atom. The maximum absolute atomic E-state index is 12.8. The zero-order chi connectivity index (χ0) is 24.7. The van der Waals surface area contributed by atoms with Gasteiger partial charge >= 0.3 is 30.1 Å². The molecule has 3 aromatic carbocycles. The van der Waals surface area contributed by atoms with Crippen molar-refractivity contribution < 1.29 is 52.8 Å². The molecule has 0 fully saturated rings. The fraction of sp³-hybridized carbons (Fsp3) is 0.0909. The van der Waals surface area contributed by atoms with Gasteiger partial charge in [0.25, 0.3) is 0 Å². The smallest absolute Gasteiger partial charge is 0.416 e. The van der Waals surface area contributed by atoms with Crippen molar-refractivity contribution in [2.75, 3.05) is 0 Å². The highest BCUT2D eigenvalue weighted by Crippen LogP contribution is 2.35. The van der Waals surface area contributed by atoms with Gasteiger partial charge in [0, 0.05) is 10.8 Å². The number of hydrogen-bond donors (Lipinski definition) is 4. The molecule has 0 saturated carbocycles. The lowest BCUT2D eigenvalue weighted by molar-refractivity contribution is -0.137. The van der Waals surface area contributed by atoms with Gasteiger partial charge in [0.05, 0.1) is 27.8 Å². The molecule has 0 aliphatic rings. The van der Waals surface area contributed by atoms with Gasteiger partial charge in [0.15, 0.2) is 0 Å². The topological polar surface area (TPSA) is 149 Å². The van der Waals surface area contributed by atoms with Gasteiger partial charge in [0.2, 0.25) is 0 Å². The summed E-state index contributed by atoms with van der Waals surface area (Å²) in [5.41, 5.74) is -3.54. The van der Waals surface area contributed by atoms with Crippen LogP contribution in [0.5, 0.6) is 0 Å². The predicted molar refractivity (Wildman–Crippen MR) is 106 cm³/mol. The van der Waals surface area contributed by atoms with Crippen LogP contribution in [0.2, 0.25) is 0 Å². The molecule has 170 valence electrons. The summed E-state index contributed by atoms with van der Waals surface area (Å²) in [6, 6.07) is 6.29. The first-order valence-corrected chi connectivity index (χ1v) is 9.04. The molecule has 0 aliphatic heterocycles. The van der Waals surface area contributed by atoms with Crippen molar-refractivity contribution in [1.29, 1.82) is 0 Å². The Bertz CT molecular complexity index is 1320. The van der Waals surface area contributed by atoms with Crippen molar-refractivity contribution in [2.24, 2.45) is 0 Å². The monoisotopic (exact) mass is 462 g/mol. The van der Waals surface area contributed by atoms with Gasteiger partial charge in [-0.2, -0.15) is 13.2 Å². The summed E-state index contributed by atoms with van der Waals surface area (Å²) in [4.78, 5) is 47.4. The minimum atomic E-state index is -4.60. The number of carboxylic acids is 4. The van der Waals surface area contributed by atoms with E-state index in [0.29, 0.717) is 0 Å². The molecule has 3 aromatic rings. The van der Waals surface area contributed by atoms with Crippen LogP contribution < -0.4 is 0 Å². The Balaban J connectivity index is 2.39. The first-order valence-electron chi connectivity index (χ1n) is 9.04. The number of hydrogen-bond acceptors (Lipinski definition) is 4. The van der Waals surface area contributed by atoms with Crippen LogP contribution in [0.3, 0.4) is 0 Å². The van der Waals surface area contributed by atoms with E-state index in [0.717, 1.165) is 42.5 Å². The normalized spacial score (nSPS) is 11.4. The van der Waals surface area contributed by atoms with E-state index in [2.05, 4.69) is 0 Å². The van der Waals surface area contributed by atoms with Crippen LogP contribution in [-0.4, -0.2) is 44.3 Å². The van der Waals surface area contributed by atoms with Crippen LogP contribution in [0.25, 0.3) is 10.8 Å². The summed E-state index contributed by atoms with van der Waals surface area (Å²) in [5.74, 6) is -6.53. The van der Waals surface area contributed by atoms with E-state index < -0.39 is 68.6 Å². The summed E-state index contributed by atoms with van der Waals surface area (Å²) in [5, 5.41) is 37.3. The van der Waals surface area contributed by atoms with Gasteiger partial charge in [-0.25, -0.2) is 19.2 Å². The number of rotatable bonds is 6. The Morgan fingerprint density at radius 3 is 1.58 bits per heavy atom. The van der Waals surface area contributed by atoms with Gasteiger partial charge in [-0.1, -0.05) is 12.1 Å². The summed E-state index contributed by atoms with van der Waals surface area (Å²) in [7, 11) is 0. The number of carbonyl (C=O) groups is 4. The number of carboxylic acid groups (broad SMARTS) is 4. The molecule has 3 rings (SSSR count). The number of fused-ring (bicyclic) bond motifs is 1. The number of halogens is 3. The predicted octanol–water partition coefficient (Wildman–Crippen LogP) is 4.24. The Kier molecular flexibility index (Phi) is 5.82. The molecule has 8 nitrogen and oxygen atoms in total. The third-order valence-electron chi connectivity index (χ3n) is 4.95. The van der Waals surface area contributed by atoms with Gasteiger partial charge in [-0.05, 0) is 47.9 Å². The Morgan fingerprint density at radius 2 is 1.15 bits per heavy atom. The van der Waals surface area contributed by atoms with Crippen molar-refractivity contribution in [1.82, 2.24) is 0 Å². The number of aromatic carboxylic acids is 4. The van der Waals surface area contributed by atoms with Gasteiger partial charge < -0.3 is 20.4 Å². The summed E-state index contributed by atoms with van der Waals surface area (Å²) in [6.45, 7) is 0. The average Bonchev–Trinajstić information content (AvgIpc) is 2.71. The first kappa shape index (κ1) is 23.3. The molecular weight excluding hydrogens is 449 g/mol.